The molecular formula is C18H34O5. The maximum Gasteiger partial charge on any atom is 0.305 e. The summed E-state index contributed by atoms with van der Waals surface area (Å²) in [5.41, 5.74) is -0.364. The summed E-state index contributed by atoms with van der Waals surface area (Å²) in [7, 11) is 0. The molecule has 0 rings (SSSR count). The molecule has 0 heterocycles. The van der Waals surface area contributed by atoms with E-state index in [1.54, 1.807) is 0 Å². The van der Waals surface area contributed by atoms with Crippen LogP contribution >= 0.6 is 0 Å². The zero-order valence-corrected chi connectivity index (χ0v) is 15.1. The number of carbonyl (C=O) groups excluding carboxylic acids is 1. The quantitative estimate of drug-likeness (QED) is 0.357. The summed E-state index contributed by atoms with van der Waals surface area (Å²) < 4.78 is 11.4. The first-order chi connectivity index (χ1) is 11.0. The molecule has 23 heavy (non-hydrogen) atoms. The van der Waals surface area contributed by atoms with E-state index in [1.165, 1.54) is 0 Å². The Morgan fingerprint density at radius 3 is 1.96 bits per heavy atom. The minimum absolute atomic E-state index is 0.100. The highest BCUT2D eigenvalue weighted by Crippen LogP contribution is 2.27. The predicted molar refractivity (Wildman–Crippen MR) is 90.5 cm³/mol. The fraction of sp³-hybridized carbons (Fsp3) is 0.889. The Morgan fingerprint density at radius 1 is 0.913 bits per heavy atom. The third-order valence-corrected chi connectivity index (χ3v) is 3.94. The molecule has 0 aliphatic rings. The lowest BCUT2D eigenvalue weighted by Crippen LogP contribution is -2.39. The minimum atomic E-state index is -0.826. The van der Waals surface area contributed by atoms with Crippen LogP contribution in [0.3, 0.4) is 0 Å². The summed E-state index contributed by atoms with van der Waals surface area (Å²) >= 11 is 0. The summed E-state index contributed by atoms with van der Waals surface area (Å²) in [6.07, 6.45) is 7.53. The van der Waals surface area contributed by atoms with Crippen LogP contribution in [0, 0.1) is 0 Å². The lowest BCUT2D eigenvalue weighted by atomic mass is 9.91. The van der Waals surface area contributed by atoms with Gasteiger partial charge >= 0.3 is 11.9 Å². The van der Waals surface area contributed by atoms with E-state index in [1.807, 2.05) is 6.92 Å². The zero-order valence-electron chi connectivity index (χ0n) is 15.1. The van der Waals surface area contributed by atoms with Gasteiger partial charge in [0, 0.05) is 19.4 Å². The Morgan fingerprint density at radius 2 is 1.48 bits per heavy atom. The van der Waals surface area contributed by atoms with Gasteiger partial charge in [0.2, 0.25) is 0 Å². The molecule has 0 bridgehead atoms. The third-order valence-electron chi connectivity index (χ3n) is 3.94. The molecule has 0 aromatic carbocycles. The van der Waals surface area contributed by atoms with E-state index < -0.39 is 5.97 Å². The van der Waals surface area contributed by atoms with E-state index in [2.05, 4.69) is 13.8 Å². The van der Waals surface area contributed by atoms with Gasteiger partial charge in [0.05, 0.1) is 0 Å². The maximum atomic E-state index is 11.9. The second kappa shape index (κ2) is 13.3. The molecule has 0 radical (unpaired) electrons. The van der Waals surface area contributed by atoms with Crippen molar-refractivity contribution in [2.45, 2.75) is 90.6 Å². The van der Waals surface area contributed by atoms with E-state index in [0.29, 0.717) is 26.1 Å². The number of ether oxygens (including phenoxy) is 2. The Balaban J connectivity index is 4.37. The number of aliphatic carboxylic acids is 1. The second-order valence-electron chi connectivity index (χ2n) is 6.08. The number of esters is 1. The number of rotatable bonds is 15. The van der Waals surface area contributed by atoms with E-state index in [-0.39, 0.29) is 24.4 Å². The highest BCUT2D eigenvalue weighted by molar-refractivity contribution is 5.69. The summed E-state index contributed by atoms with van der Waals surface area (Å²) in [5, 5.41) is 8.58. The van der Waals surface area contributed by atoms with Crippen molar-refractivity contribution in [1.29, 1.82) is 0 Å². The van der Waals surface area contributed by atoms with Gasteiger partial charge in [0.1, 0.15) is 12.2 Å². The smallest absolute Gasteiger partial charge is 0.305 e. The van der Waals surface area contributed by atoms with Crippen molar-refractivity contribution in [3.8, 4) is 0 Å². The Bertz CT molecular complexity index is 319. The van der Waals surface area contributed by atoms with Gasteiger partial charge in [-0.05, 0) is 32.6 Å². The third kappa shape index (κ3) is 11.1. The Labute approximate surface area is 140 Å². The standard InChI is InChI=1S/C18H34O5/c1-4-7-13-18(23-6-3,14-8-5-2)15-22-17(21)12-10-9-11-16(19)20/h4-15H2,1-3H3,(H,19,20). The van der Waals surface area contributed by atoms with Crippen LogP contribution in [0.5, 0.6) is 0 Å². The lowest BCUT2D eigenvalue weighted by molar-refractivity contribution is -0.158. The molecule has 1 N–H and O–H groups in total. The molecule has 5 nitrogen and oxygen atoms in total. The van der Waals surface area contributed by atoms with Crippen LogP contribution in [0.25, 0.3) is 0 Å². The molecule has 0 atom stereocenters. The lowest BCUT2D eigenvalue weighted by Gasteiger charge is -2.33. The minimum Gasteiger partial charge on any atom is -0.481 e. The molecule has 0 saturated carbocycles. The highest BCUT2D eigenvalue weighted by Gasteiger charge is 2.31. The topological polar surface area (TPSA) is 72.8 Å². The maximum absolute atomic E-state index is 11.9. The highest BCUT2D eigenvalue weighted by atomic mass is 16.6. The summed E-state index contributed by atoms with van der Waals surface area (Å²) in [5.74, 6) is -1.08. The van der Waals surface area contributed by atoms with Crippen LogP contribution in [-0.2, 0) is 19.1 Å². The van der Waals surface area contributed by atoms with Crippen molar-refractivity contribution in [1.82, 2.24) is 0 Å². The van der Waals surface area contributed by atoms with Crippen LogP contribution in [0.4, 0.5) is 0 Å². The Hall–Kier alpha value is -1.10. The van der Waals surface area contributed by atoms with Gasteiger partial charge in [0.15, 0.2) is 0 Å². The molecular weight excluding hydrogens is 296 g/mol. The molecule has 0 saturated heterocycles. The van der Waals surface area contributed by atoms with Crippen molar-refractivity contribution >= 4 is 11.9 Å². The number of hydrogen-bond acceptors (Lipinski definition) is 4. The molecule has 0 aliphatic heterocycles. The fourth-order valence-corrected chi connectivity index (χ4v) is 2.59. The average Bonchev–Trinajstić information content (AvgIpc) is 2.53. The number of unbranched alkanes of at least 4 members (excludes halogenated alkanes) is 3. The first-order valence-electron chi connectivity index (χ1n) is 9.01. The number of carboxylic acids is 1. The normalized spacial score (nSPS) is 11.4. The molecule has 5 heteroatoms. The fourth-order valence-electron chi connectivity index (χ4n) is 2.59. The van der Waals surface area contributed by atoms with Gasteiger partial charge in [-0.2, -0.15) is 0 Å². The summed E-state index contributed by atoms with van der Waals surface area (Å²) in [4.78, 5) is 22.3. The molecule has 0 spiro atoms. The van der Waals surface area contributed by atoms with E-state index >= 15 is 0 Å². The van der Waals surface area contributed by atoms with E-state index in [0.717, 1.165) is 38.5 Å². The van der Waals surface area contributed by atoms with Gasteiger partial charge in [-0.3, -0.25) is 9.59 Å². The molecule has 0 amide bonds. The molecule has 0 aliphatic carbocycles. The van der Waals surface area contributed by atoms with Crippen LogP contribution in [0.1, 0.15) is 85.0 Å². The van der Waals surface area contributed by atoms with Crippen LogP contribution in [0.15, 0.2) is 0 Å². The predicted octanol–water partition coefficient (Wildman–Crippen LogP) is 4.33. The first kappa shape index (κ1) is 21.9. The number of carboxylic acid groups (broad SMARTS) is 1. The molecule has 0 aromatic heterocycles. The SMILES string of the molecule is CCCCC(CCCC)(COC(=O)CCCCC(=O)O)OCC. The van der Waals surface area contributed by atoms with Gasteiger partial charge < -0.3 is 14.6 Å². The van der Waals surface area contributed by atoms with Gasteiger partial charge in [-0.25, -0.2) is 0 Å². The molecule has 0 aromatic rings. The van der Waals surface area contributed by atoms with Crippen molar-refractivity contribution in [2.24, 2.45) is 0 Å². The number of hydrogen-bond donors (Lipinski definition) is 1. The van der Waals surface area contributed by atoms with Crippen molar-refractivity contribution in [2.75, 3.05) is 13.2 Å². The first-order valence-corrected chi connectivity index (χ1v) is 9.01. The molecule has 0 fully saturated rings. The summed E-state index contributed by atoms with van der Waals surface area (Å²) in [6, 6.07) is 0. The Kier molecular flexibility index (Phi) is 12.7. The van der Waals surface area contributed by atoms with Crippen molar-refractivity contribution in [3.63, 3.8) is 0 Å². The largest absolute Gasteiger partial charge is 0.481 e. The monoisotopic (exact) mass is 330 g/mol. The van der Waals surface area contributed by atoms with Crippen LogP contribution in [0.2, 0.25) is 0 Å². The van der Waals surface area contributed by atoms with Crippen molar-refractivity contribution < 1.29 is 24.2 Å². The molecule has 0 unspecified atom stereocenters. The van der Waals surface area contributed by atoms with Gasteiger partial charge in [-0.1, -0.05) is 39.5 Å². The molecule has 136 valence electrons. The van der Waals surface area contributed by atoms with Gasteiger partial charge in [-0.15, -0.1) is 0 Å². The van der Waals surface area contributed by atoms with E-state index in [4.69, 9.17) is 14.6 Å². The van der Waals surface area contributed by atoms with Gasteiger partial charge in [0.25, 0.3) is 0 Å². The zero-order chi connectivity index (χ0) is 17.6. The van der Waals surface area contributed by atoms with Crippen molar-refractivity contribution in [3.05, 3.63) is 0 Å². The second-order valence-corrected chi connectivity index (χ2v) is 6.08. The van der Waals surface area contributed by atoms with E-state index in [9.17, 15) is 9.59 Å². The van der Waals surface area contributed by atoms with Crippen LogP contribution in [-0.4, -0.2) is 35.9 Å². The number of carbonyl (C=O) groups is 2. The average molecular weight is 330 g/mol. The van der Waals surface area contributed by atoms with Crippen LogP contribution < -0.4 is 0 Å². The summed E-state index contributed by atoms with van der Waals surface area (Å²) in [6.45, 7) is 7.18.